The van der Waals surface area contributed by atoms with E-state index in [0.29, 0.717) is 22.0 Å². The molecule has 6 atom stereocenters. The van der Waals surface area contributed by atoms with E-state index >= 15 is 0 Å². The van der Waals surface area contributed by atoms with Gasteiger partial charge in [0.2, 0.25) is 5.95 Å². The fraction of sp³-hybridized carbons (Fsp3) is 0.429. The minimum atomic E-state index is -4.07. The van der Waals surface area contributed by atoms with Crippen LogP contribution in [0, 0.1) is 0 Å². The van der Waals surface area contributed by atoms with E-state index in [-0.39, 0.29) is 23.6 Å². The first-order chi connectivity index (χ1) is 17.0. The highest BCUT2D eigenvalue weighted by Gasteiger charge is 2.54. The van der Waals surface area contributed by atoms with Crippen molar-refractivity contribution in [2.24, 2.45) is 0 Å². The number of H-pyrrole nitrogens is 1. The fourth-order valence-electron chi connectivity index (χ4n) is 4.34. The summed E-state index contributed by atoms with van der Waals surface area (Å²) in [6.45, 7) is 1.01. The SMILES string of the molecule is C[C@@]1(O)[C@H](O)[C@@H](COP2(=O)OCC[C@H](c3ccc(Cl)cc3Cl)O2)O[C@H]1n1ccc2c(=O)[nH]c(N)nc21. The minimum absolute atomic E-state index is 0.0757. The second-order valence-corrected chi connectivity index (χ2v) is 11.2. The number of phosphoric ester groups is 1. The van der Waals surface area contributed by atoms with Gasteiger partial charge in [-0.2, -0.15) is 4.98 Å². The predicted molar refractivity (Wildman–Crippen MR) is 130 cm³/mol. The third-order valence-electron chi connectivity index (χ3n) is 6.20. The van der Waals surface area contributed by atoms with E-state index in [1.165, 1.54) is 23.8 Å². The third kappa shape index (κ3) is 4.58. The van der Waals surface area contributed by atoms with Crippen LogP contribution in [0.3, 0.4) is 0 Å². The van der Waals surface area contributed by atoms with Crippen LogP contribution in [0.25, 0.3) is 11.0 Å². The van der Waals surface area contributed by atoms with Crippen molar-refractivity contribution in [1.29, 1.82) is 0 Å². The smallest absolute Gasteiger partial charge is 0.387 e. The van der Waals surface area contributed by atoms with Crippen LogP contribution in [-0.2, 0) is 22.9 Å². The normalized spacial score (nSPS) is 32.8. The second kappa shape index (κ2) is 9.39. The lowest BCUT2D eigenvalue weighted by molar-refractivity contribution is -0.0950. The molecule has 194 valence electrons. The van der Waals surface area contributed by atoms with Crippen molar-refractivity contribution in [3.63, 3.8) is 0 Å². The number of phosphoric acid groups is 1. The molecule has 2 saturated heterocycles. The average Bonchev–Trinajstić information content (AvgIpc) is 3.31. The Bertz CT molecular complexity index is 1410. The Hall–Kier alpha value is -1.99. The van der Waals surface area contributed by atoms with Gasteiger partial charge in [-0.3, -0.25) is 23.3 Å². The van der Waals surface area contributed by atoms with E-state index in [2.05, 4.69) is 9.97 Å². The lowest BCUT2D eigenvalue weighted by Crippen LogP contribution is -2.44. The number of aromatic nitrogens is 3. The number of rotatable bonds is 5. The molecule has 0 radical (unpaired) electrons. The number of benzene rings is 1. The molecule has 0 amide bonds. The summed E-state index contributed by atoms with van der Waals surface area (Å²) in [5, 5.41) is 22.9. The van der Waals surface area contributed by atoms with E-state index in [1.54, 1.807) is 18.2 Å². The summed E-state index contributed by atoms with van der Waals surface area (Å²) in [5.41, 5.74) is 4.10. The molecule has 1 unspecified atom stereocenters. The highest BCUT2D eigenvalue weighted by atomic mass is 35.5. The summed E-state index contributed by atoms with van der Waals surface area (Å²) in [4.78, 5) is 18.7. The van der Waals surface area contributed by atoms with Crippen LogP contribution < -0.4 is 11.3 Å². The fourth-order valence-corrected chi connectivity index (χ4v) is 6.26. The van der Waals surface area contributed by atoms with Crippen molar-refractivity contribution >= 4 is 48.0 Å². The minimum Gasteiger partial charge on any atom is -0.387 e. The van der Waals surface area contributed by atoms with Crippen molar-refractivity contribution in [2.45, 2.75) is 43.5 Å². The lowest BCUT2D eigenvalue weighted by Gasteiger charge is -2.30. The van der Waals surface area contributed by atoms with Crippen LogP contribution in [0.2, 0.25) is 10.0 Å². The Morgan fingerprint density at radius 3 is 2.92 bits per heavy atom. The van der Waals surface area contributed by atoms with Gasteiger partial charge in [-0.1, -0.05) is 29.3 Å². The maximum atomic E-state index is 13.2. The van der Waals surface area contributed by atoms with Gasteiger partial charge in [-0.15, -0.1) is 0 Å². The summed E-state index contributed by atoms with van der Waals surface area (Å²) in [5.74, 6) is -0.120. The molecule has 5 N–H and O–H groups in total. The molecule has 2 aliphatic rings. The van der Waals surface area contributed by atoms with Gasteiger partial charge in [0.25, 0.3) is 5.56 Å². The second-order valence-electron chi connectivity index (χ2n) is 8.73. The first-order valence-corrected chi connectivity index (χ1v) is 13.1. The monoisotopic (exact) mass is 560 g/mol. The van der Waals surface area contributed by atoms with Crippen molar-refractivity contribution in [1.82, 2.24) is 14.5 Å². The molecule has 2 fully saturated rings. The third-order valence-corrected chi connectivity index (χ3v) is 8.24. The van der Waals surface area contributed by atoms with Gasteiger partial charge in [-0.25, -0.2) is 4.57 Å². The predicted octanol–water partition coefficient (Wildman–Crippen LogP) is 2.93. The molecule has 4 heterocycles. The Balaban J connectivity index is 1.33. The number of hydrogen-bond donors (Lipinski definition) is 4. The molecule has 36 heavy (non-hydrogen) atoms. The zero-order chi connectivity index (χ0) is 25.8. The summed E-state index contributed by atoms with van der Waals surface area (Å²) in [7, 11) is -4.07. The van der Waals surface area contributed by atoms with E-state index in [4.69, 9.17) is 47.2 Å². The van der Waals surface area contributed by atoms with Crippen molar-refractivity contribution in [2.75, 3.05) is 18.9 Å². The average molecular weight is 561 g/mol. The van der Waals surface area contributed by atoms with Crippen LogP contribution in [-0.4, -0.2) is 55.8 Å². The molecule has 0 saturated carbocycles. The van der Waals surface area contributed by atoms with Crippen LogP contribution in [0.1, 0.15) is 31.2 Å². The molecule has 3 aromatic rings. The maximum Gasteiger partial charge on any atom is 0.475 e. The number of aliphatic hydroxyl groups excluding tert-OH is 1. The summed E-state index contributed by atoms with van der Waals surface area (Å²) in [6.07, 6.45) is -2.56. The number of nitrogen functional groups attached to an aromatic ring is 1. The van der Waals surface area contributed by atoms with Gasteiger partial charge in [0.1, 0.15) is 17.8 Å². The van der Waals surface area contributed by atoms with E-state index < -0.39 is 50.1 Å². The standard InChI is InChI=1S/C21H23Cl2N4O8P/c1-21(30)16(28)15(34-19(21)27-6-4-12-17(27)25-20(24)26-18(12)29)9-33-36(31)32-7-5-14(35-36)11-3-2-10(22)8-13(11)23/h2-4,6,8,14-16,19,28,30H,5,7,9H2,1H3,(H3,24,25,26,29)/t14-,15-,16-,19-,21-,36?/m1/s1. The van der Waals surface area contributed by atoms with Crippen LogP contribution in [0.5, 0.6) is 0 Å². The van der Waals surface area contributed by atoms with Gasteiger partial charge in [0.15, 0.2) is 11.9 Å². The molecule has 15 heteroatoms. The number of aliphatic hydroxyl groups is 2. The summed E-state index contributed by atoms with van der Waals surface area (Å²) >= 11 is 12.2. The van der Waals surface area contributed by atoms with Gasteiger partial charge < -0.3 is 25.3 Å². The molecule has 12 nitrogen and oxygen atoms in total. The molecule has 1 aromatic carbocycles. The maximum absolute atomic E-state index is 13.2. The topological polar surface area (TPSA) is 171 Å². The highest BCUT2D eigenvalue weighted by molar-refractivity contribution is 7.48. The number of hydrogen-bond acceptors (Lipinski definition) is 10. The number of nitrogens with two attached hydrogens (primary N) is 1. The molecule has 0 spiro atoms. The van der Waals surface area contributed by atoms with E-state index in [1.807, 2.05) is 0 Å². The van der Waals surface area contributed by atoms with Crippen molar-refractivity contribution in [3.8, 4) is 0 Å². The Morgan fingerprint density at radius 2 is 2.17 bits per heavy atom. The summed E-state index contributed by atoms with van der Waals surface area (Å²) < 4.78 is 36.8. The van der Waals surface area contributed by atoms with Gasteiger partial charge in [0.05, 0.1) is 24.7 Å². The van der Waals surface area contributed by atoms with Crippen LogP contribution in [0.15, 0.2) is 35.3 Å². The van der Waals surface area contributed by atoms with Crippen LogP contribution >= 0.6 is 31.0 Å². The van der Waals surface area contributed by atoms with Gasteiger partial charge in [0, 0.05) is 28.2 Å². The number of fused-ring (bicyclic) bond motifs is 1. The largest absolute Gasteiger partial charge is 0.475 e. The lowest BCUT2D eigenvalue weighted by atomic mass is 9.96. The quantitative estimate of drug-likeness (QED) is 0.340. The number of halogens is 2. The zero-order valence-corrected chi connectivity index (χ0v) is 21.2. The van der Waals surface area contributed by atoms with Gasteiger partial charge in [-0.05, 0) is 25.1 Å². The number of ether oxygens (including phenoxy) is 1. The molecular formula is C21H23Cl2N4O8P. The molecule has 2 aliphatic heterocycles. The van der Waals surface area contributed by atoms with Crippen molar-refractivity contribution < 1.29 is 33.1 Å². The molecular weight excluding hydrogens is 538 g/mol. The highest BCUT2D eigenvalue weighted by Crippen LogP contribution is 2.58. The zero-order valence-electron chi connectivity index (χ0n) is 18.8. The van der Waals surface area contributed by atoms with E-state index in [9.17, 15) is 19.6 Å². The molecule has 2 aromatic heterocycles. The Morgan fingerprint density at radius 1 is 1.39 bits per heavy atom. The first kappa shape index (κ1) is 25.7. The Kier molecular flexibility index (Phi) is 6.69. The summed E-state index contributed by atoms with van der Waals surface area (Å²) in [6, 6.07) is 6.35. The Labute approximate surface area is 214 Å². The number of nitrogens with one attached hydrogen (secondary N) is 1. The van der Waals surface area contributed by atoms with Crippen LogP contribution in [0.4, 0.5) is 5.95 Å². The first-order valence-electron chi connectivity index (χ1n) is 10.9. The van der Waals surface area contributed by atoms with Gasteiger partial charge >= 0.3 is 7.82 Å². The number of aromatic amines is 1. The molecule has 5 rings (SSSR count). The van der Waals surface area contributed by atoms with Crippen molar-refractivity contribution in [3.05, 3.63) is 56.4 Å². The molecule has 0 aliphatic carbocycles. The molecule has 0 bridgehead atoms. The van der Waals surface area contributed by atoms with E-state index in [0.717, 1.165) is 0 Å². The number of anilines is 1. The number of nitrogens with zero attached hydrogens (tertiary/aromatic N) is 2.